The predicted octanol–water partition coefficient (Wildman–Crippen LogP) is 4.09. The molecule has 1 aliphatic heterocycles. The van der Waals surface area contributed by atoms with Crippen LogP contribution in [0.5, 0.6) is 11.5 Å². The first kappa shape index (κ1) is 17.4. The monoisotopic (exact) mass is 381 g/mol. The van der Waals surface area contributed by atoms with E-state index in [-0.39, 0.29) is 11.6 Å². The fourth-order valence-corrected chi connectivity index (χ4v) is 3.75. The van der Waals surface area contributed by atoms with Crippen molar-refractivity contribution in [2.24, 2.45) is 0 Å². The molecule has 1 aliphatic rings. The summed E-state index contributed by atoms with van der Waals surface area (Å²) in [6.45, 7) is 4.95. The summed E-state index contributed by atoms with van der Waals surface area (Å²) in [5, 5.41) is 3.74. The van der Waals surface area contributed by atoms with E-state index in [2.05, 4.69) is 10.3 Å². The molecule has 0 saturated heterocycles. The molecule has 0 fully saturated rings. The molecule has 0 amide bonds. The maximum Gasteiger partial charge on any atom is 0.207 e. The molecule has 1 aromatic heterocycles. The van der Waals surface area contributed by atoms with Gasteiger partial charge in [0, 0.05) is 17.3 Å². The van der Waals surface area contributed by atoms with Gasteiger partial charge >= 0.3 is 0 Å². The summed E-state index contributed by atoms with van der Waals surface area (Å²) in [4.78, 5) is 17.7. The summed E-state index contributed by atoms with van der Waals surface area (Å²) in [6, 6.07) is 11.4. The van der Waals surface area contributed by atoms with Gasteiger partial charge in [-0.3, -0.25) is 4.79 Å². The smallest absolute Gasteiger partial charge is 0.207 e. The summed E-state index contributed by atoms with van der Waals surface area (Å²) in [5.41, 5.74) is 9.41. The van der Waals surface area contributed by atoms with E-state index in [4.69, 9.17) is 15.2 Å². The zero-order chi connectivity index (χ0) is 19.0. The summed E-state index contributed by atoms with van der Waals surface area (Å²) >= 11 is 1.24. The van der Waals surface area contributed by atoms with Crippen LogP contribution in [0.15, 0.2) is 36.4 Å². The van der Waals surface area contributed by atoms with Gasteiger partial charge in [0.25, 0.3) is 0 Å². The Hall–Kier alpha value is -3.06. The van der Waals surface area contributed by atoms with Gasteiger partial charge in [0.1, 0.15) is 23.9 Å². The van der Waals surface area contributed by atoms with E-state index < -0.39 is 0 Å². The highest BCUT2D eigenvalue weighted by Gasteiger charge is 2.20. The van der Waals surface area contributed by atoms with Crippen molar-refractivity contribution in [3.05, 3.63) is 58.0 Å². The maximum atomic E-state index is 12.9. The standard InChI is InChI=1S/C20H19N3O3S/c1-11-3-4-12(2)14(9-11)17(24)18-19(21)23-20(27-18)22-13-5-6-15-16(10-13)26-8-7-25-15/h3-6,9-10H,7-8,21H2,1-2H3,(H,22,23). The van der Waals surface area contributed by atoms with Gasteiger partial charge in [0.05, 0.1) is 0 Å². The van der Waals surface area contributed by atoms with Crippen molar-refractivity contribution in [1.29, 1.82) is 0 Å². The van der Waals surface area contributed by atoms with Crippen LogP contribution < -0.4 is 20.5 Å². The van der Waals surface area contributed by atoms with Crippen LogP contribution in [0.3, 0.4) is 0 Å². The third-order valence-corrected chi connectivity index (χ3v) is 5.28. The first-order valence-electron chi connectivity index (χ1n) is 8.56. The molecular weight excluding hydrogens is 362 g/mol. The van der Waals surface area contributed by atoms with Crippen molar-refractivity contribution < 1.29 is 14.3 Å². The number of thiazole rings is 1. The van der Waals surface area contributed by atoms with Gasteiger partial charge in [-0.2, -0.15) is 0 Å². The minimum Gasteiger partial charge on any atom is -0.486 e. The molecule has 3 N–H and O–H groups in total. The van der Waals surface area contributed by atoms with E-state index in [1.165, 1.54) is 11.3 Å². The van der Waals surface area contributed by atoms with E-state index in [0.717, 1.165) is 22.6 Å². The molecular formula is C20H19N3O3S. The molecule has 2 heterocycles. The highest BCUT2D eigenvalue weighted by Crippen LogP contribution is 2.35. The van der Waals surface area contributed by atoms with Crippen LogP contribution in [-0.4, -0.2) is 24.0 Å². The zero-order valence-corrected chi connectivity index (χ0v) is 15.9. The molecule has 0 bridgehead atoms. The predicted molar refractivity (Wildman–Crippen MR) is 107 cm³/mol. The lowest BCUT2D eigenvalue weighted by Gasteiger charge is -2.18. The summed E-state index contributed by atoms with van der Waals surface area (Å²) in [5.74, 6) is 1.52. The SMILES string of the molecule is Cc1ccc(C)c(C(=O)c2sc(Nc3ccc4c(c3)OCCO4)nc2N)c1. The van der Waals surface area contributed by atoms with Gasteiger partial charge in [-0.05, 0) is 37.6 Å². The third kappa shape index (κ3) is 3.46. The van der Waals surface area contributed by atoms with Crippen LogP contribution in [-0.2, 0) is 0 Å². The number of nitrogen functional groups attached to an aromatic ring is 1. The number of aryl methyl sites for hydroxylation is 2. The Bertz CT molecular complexity index is 1030. The molecule has 0 radical (unpaired) electrons. The first-order valence-corrected chi connectivity index (χ1v) is 9.38. The fraction of sp³-hybridized carbons (Fsp3) is 0.200. The number of ketones is 1. The highest BCUT2D eigenvalue weighted by atomic mass is 32.1. The largest absolute Gasteiger partial charge is 0.486 e. The average molecular weight is 381 g/mol. The second-order valence-electron chi connectivity index (χ2n) is 6.36. The van der Waals surface area contributed by atoms with Crippen LogP contribution in [0.4, 0.5) is 16.6 Å². The second kappa shape index (κ2) is 6.92. The molecule has 2 aromatic carbocycles. The number of rotatable bonds is 4. The third-order valence-electron chi connectivity index (χ3n) is 4.29. The first-order chi connectivity index (χ1) is 13.0. The van der Waals surface area contributed by atoms with E-state index in [0.29, 0.717) is 34.5 Å². The molecule has 0 aliphatic carbocycles. The normalized spacial score (nSPS) is 12.7. The van der Waals surface area contributed by atoms with Crippen molar-refractivity contribution in [2.75, 3.05) is 24.3 Å². The number of aromatic nitrogens is 1. The number of anilines is 3. The van der Waals surface area contributed by atoms with Crippen LogP contribution in [0.1, 0.15) is 26.4 Å². The van der Waals surface area contributed by atoms with Gasteiger partial charge in [-0.25, -0.2) is 4.98 Å². The number of ether oxygens (including phenoxy) is 2. The van der Waals surface area contributed by atoms with Crippen LogP contribution in [0.25, 0.3) is 0 Å². The van der Waals surface area contributed by atoms with Crippen molar-refractivity contribution in [1.82, 2.24) is 4.98 Å². The summed E-state index contributed by atoms with van der Waals surface area (Å²) in [7, 11) is 0. The topological polar surface area (TPSA) is 86.5 Å². The molecule has 7 heteroatoms. The number of benzene rings is 2. The minimum absolute atomic E-state index is 0.110. The van der Waals surface area contributed by atoms with Crippen molar-refractivity contribution in [3.63, 3.8) is 0 Å². The fourth-order valence-electron chi connectivity index (χ4n) is 2.90. The Labute approximate surface area is 161 Å². The van der Waals surface area contributed by atoms with E-state index in [1.54, 1.807) is 0 Å². The maximum absolute atomic E-state index is 12.9. The molecule has 6 nitrogen and oxygen atoms in total. The molecule has 27 heavy (non-hydrogen) atoms. The number of hydrogen-bond acceptors (Lipinski definition) is 7. The van der Waals surface area contributed by atoms with Crippen LogP contribution in [0.2, 0.25) is 0 Å². The van der Waals surface area contributed by atoms with Crippen molar-refractivity contribution in [2.45, 2.75) is 13.8 Å². The minimum atomic E-state index is -0.110. The molecule has 4 rings (SSSR count). The molecule has 0 saturated carbocycles. The lowest BCUT2D eigenvalue weighted by molar-refractivity contribution is 0.104. The molecule has 3 aromatic rings. The Balaban J connectivity index is 1.60. The Morgan fingerprint density at radius 2 is 1.89 bits per heavy atom. The molecule has 138 valence electrons. The van der Waals surface area contributed by atoms with Gasteiger partial charge < -0.3 is 20.5 Å². The number of nitrogens with two attached hydrogens (primary N) is 1. The van der Waals surface area contributed by atoms with Crippen LogP contribution in [0, 0.1) is 13.8 Å². The zero-order valence-electron chi connectivity index (χ0n) is 15.0. The Morgan fingerprint density at radius 1 is 1.11 bits per heavy atom. The quantitative estimate of drug-likeness (QED) is 0.662. The second-order valence-corrected chi connectivity index (χ2v) is 7.36. The van der Waals surface area contributed by atoms with Gasteiger partial charge in [0.15, 0.2) is 16.6 Å². The average Bonchev–Trinajstić information content (AvgIpc) is 3.03. The number of nitrogens with one attached hydrogen (secondary N) is 1. The van der Waals surface area contributed by atoms with Crippen LogP contribution >= 0.6 is 11.3 Å². The lowest BCUT2D eigenvalue weighted by Crippen LogP contribution is -2.15. The van der Waals surface area contributed by atoms with Gasteiger partial charge in [-0.1, -0.05) is 29.0 Å². The number of hydrogen-bond donors (Lipinski definition) is 2. The summed E-state index contributed by atoms with van der Waals surface area (Å²) < 4.78 is 11.1. The number of nitrogens with zero attached hydrogens (tertiary/aromatic N) is 1. The van der Waals surface area contributed by atoms with E-state index >= 15 is 0 Å². The lowest BCUT2D eigenvalue weighted by atomic mass is 10.0. The highest BCUT2D eigenvalue weighted by molar-refractivity contribution is 7.18. The Kier molecular flexibility index (Phi) is 4.45. The summed E-state index contributed by atoms with van der Waals surface area (Å²) in [6.07, 6.45) is 0. The molecule has 0 unspecified atom stereocenters. The number of fused-ring (bicyclic) bond motifs is 1. The van der Waals surface area contributed by atoms with Gasteiger partial charge in [-0.15, -0.1) is 0 Å². The molecule has 0 atom stereocenters. The molecule has 0 spiro atoms. The van der Waals surface area contributed by atoms with Crippen molar-refractivity contribution >= 4 is 33.8 Å². The number of carbonyl (C=O) groups excluding carboxylic acids is 1. The van der Waals surface area contributed by atoms with E-state index in [1.807, 2.05) is 50.2 Å². The van der Waals surface area contributed by atoms with E-state index in [9.17, 15) is 4.79 Å². The number of carbonyl (C=O) groups is 1. The Morgan fingerprint density at radius 3 is 2.70 bits per heavy atom. The van der Waals surface area contributed by atoms with Gasteiger partial charge in [0.2, 0.25) is 5.78 Å². The van der Waals surface area contributed by atoms with Crippen molar-refractivity contribution in [3.8, 4) is 11.5 Å².